The molecule has 14 heavy (non-hydrogen) atoms. The summed E-state index contributed by atoms with van der Waals surface area (Å²) >= 11 is 0. The summed E-state index contributed by atoms with van der Waals surface area (Å²) in [5.41, 5.74) is 1.41. The highest BCUT2D eigenvalue weighted by molar-refractivity contribution is 5.80. The molecule has 0 aromatic rings. The standard InChI is InChI=1S/C12H20N2/c1-9-3-5-11(6-4-9)12-7-13-10(2)14-8-12/h7-11,13H,3-6H2,1-2H3. The van der Waals surface area contributed by atoms with Gasteiger partial charge in [-0.15, -0.1) is 0 Å². The van der Waals surface area contributed by atoms with Gasteiger partial charge in [0.25, 0.3) is 0 Å². The van der Waals surface area contributed by atoms with Gasteiger partial charge in [0.15, 0.2) is 0 Å². The van der Waals surface area contributed by atoms with Crippen LogP contribution in [0.5, 0.6) is 0 Å². The largest absolute Gasteiger partial charge is 0.370 e. The zero-order valence-corrected chi connectivity index (χ0v) is 9.16. The molecule has 1 saturated carbocycles. The Morgan fingerprint density at radius 2 is 1.93 bits per heavy atom. The zero-order valence-electron chi connectivity index (χ0n) is 9.16. The van der Waals surface area contributed by atoms with Crippen LogP contribution in [-0.4, -0.2) is 12.4 Å². The SMILES string of the molecule is CC1CCC(C2=CNC(C)N=C2)CC1. The van der Waals surface area contributed by atoms with Crippen LogP contribution < -0.4 is 5.32 Å². The van der Waals surface area contributed by atoms with Gasteiger partial charge in [-0.25, -0.2) is 0 Å². The minimum atomic E-state index is 0.265. The fourth-order valence-electron chi connectivity index (χ4n) is 2.31. The van der Waals surface area contributed by atoms with Crippen molar-refractivity contribution < 1.29 is 0 Å². The van der Waals surface area contributed by atoms with Crippen LogP contribution in [0.15, 0.2) is 16.8 Å². The van der Waals surface area contributed by atoms with Gasteiger partial charge in [0.1, 0.15) is 6.17 Å². The van der Waals surface area contributed by atoms with Gasteiger partial charge in [-0.1, -0.05) is 19.8 Å². The number of hydrogen-bond donors (Lipinski definition) is 1. The first-order valence-electron chi connectivity index (χ1n) is 5.75. The van der Waals surface area contributed by atoms with Gasteiger partial charge >= 0.3 is 0 Å². The third-order valence-corrected chi connectivity index (χ3v) is 3.43. The lowest BCUT2D eigenvalue weighted by molar-refractivity contribution is 0.324. The molecule has 0 radical (unpaired) electrons. The maximum Gasteiger partial charge on any atom is 0.115 e. The Hall–Kier alpha value is -0.790. The molecule has 0 bridgehead atoms. The average molecular weight is 192 g/mol. The van der Waals surface area contributed by atoms with Crippen molar-refractivity contribution in [3.63, 3.8) is 0 Å². The van der Waals surface area contributed by atoms with Crippen LogP contribution in [0.3, 0.4) is 0 Å². The summed E-state index contributed by atoms with van der Waals surface area (Å²) in [7, 11) is 0. The highest BCUT2D eigenvalue weighted by atomic mass is 15.1. The van der Waals surface area contributed by atoms with Gasteiger partial charge in [0.2, 0.25) is 0 Å². The van der Waals surface area contributed by atoms with E-state index in [0.29, 0.717) is 0 Å². The molecule has 1 heterocycles. The molecule has 0 aromatic carbocycles. The lowest BCUT2D eigenvalue weighted by Gasteiger charge is -2.28. The maximum absolute atomic E-state index is 4.40. The van der Waals surface area contributed by atoms with Crippen LogP contribution in [0.4, 0.5) is 0 Å². The number of nitrogens with one attached hydrogen (secondary N) is 1. The molecule has 1 N–H and O–H groups in total. The summed E-state index contributed by atoms with van der Waals surface area (Å²) in [6, 6.07) is 0. The quantitative estimate of drug-likeness (QED) is 0.678. The predicted octanol–water partition coefficient (Wildman–Crippen LogP) is 2.72. The van der Waals surface area contributed by atoms with Crippen LogP contribution in [0.1, 0.15) is 39.5 Å². The Balaban J connectivity index is 1.93. The second-order valence-electron chi connectivity index (χ2n) is 4.72. The predicted molar refractivity (Wildman–Crippen MR) is 60.3 cm³/mol. The third kappa shape index (κ3) is 2.17. The minimum absolute atomic E-state index is 0.265. The van der Waals surface area contributed by atoms with Crippen molar-refractivity contribution in [1.82, 2.24) is 5.32 Å². The van der Waals surface area contributed by atoms with Crippen molar-refractivity contribution >= 4 is 6.21 Å². The van der Waals surface area contributed by atoms with E-state index in [1.807, 2.05) is 0 Å². The Labute approximate surface area is 86.5 Å². The van der Waals surface area contributed by atoms with E-state index in [2.05, 4.69) is 36.6 Å². The van der Waals surface area contributed by atoms with Gasteiger partial charge in [-0.05, 0) is 37.2 Å². The molecule has 0 amide bonds. The number of allylic oxidation sites excluding steroid dienone is 1. The molecule has 2 heteroatoms. The fourth-order valence-corrected chi connectivity index (χ4v) is 2.31. The molecule has 78 valence electrons. The van der Waals surface area contributed by atoms with Crippen molar-refractivity contribution in [1.29, 1.82) is 0 Å². The lowest BCUT2D eigenvalue weighted by Crippen LogP contribution is -2.26. The molecule has 2 nitrogen and oxygen atoms in total. The van der Waals surface area contributed by atoms with E-state index in [0.717, 1.165) is 11.8 Å². The van der Waals surface area contributed by atoms with Crippen LogP contribution in [0.25, 0.3) is 0 Å². The molecule has 1 fully saturated rings. The summed E-state index contributed by atoms with van der Waals surface area (Å²) in [6.07, 6.45) is 9.95. The van der Waals surface area contributed by atoms with Gasteiger partial charge in [0.05, 0.1) is 0 Å². The maximum atomic E-state index is 4.40. The Kier molecular flexibility index (Phi) is 2.90. The molecule has 2 rings (SSSR count). The molecule has 1 aliphatic heterocycles. The van der Waals surface area contributed by atoms with Gasteiger partial charge in [-0.2, -0.15) is 0 Å². The van der Waals surface area contributed by atoms with Crippen LogP contribution in [-0.2, 0) is 0 Å². The molecular formula is C12H20N2. The third-order valence-electron chi connectivity index (χ3n) is 3.43. The topological polar surface area (TPSA) is 24.4 Å². The Morgan fingerprint density at radius 1 is 1.21 bits per heavy atom. The Morgan fingerprint density at radius 3 is 2.50 bits per heavy atom. The second-order valence-corrected chi connectivity index (χ2v) is 4.72. The monoisotopic (exact) mass is 192 g/mol. The number of rotatable bonds is 1. The lowest BCUT2D eigenvalue weighted by atomic mass is 9.79. The van der Waals surface area contributed by atoms with E-state index in [1.54, 1.807) is 0 Å². The second kappa shape index (κ2) is 4.16. The molecular weight excluding hydrogens is 172 g/mol. The van der Waals surface area contributed by atoms with E-state index < -0.39 is 0 Å². The zero-order chi connectivity index (χ0) is 9.97. The van der Waals surface area contributed by atoms with Crippen molar-refractivity contribution in [2.24, 2.45) is 16.8 Å². The highest BCUT2D eigenvalue weighted by Crippen LogP contribution is 2.32. The summed E-state index contributed by atoms with van der Waals surface area (Å²) in [4.78, 5) is 4.40. The van der Waals surface area contributed by atoms with Crippen molar-refractivity contribution in [3.05, 3.63) is 11.8 Å². The van der Waals surface area contributed by atoms with Crippen LogP contribution in [0, 0.1) is 11.8 Å². The summed E-state index contributed by atoms with van der Waals surface area (Å²) in [5, 5.41) is 3.28. The molecule has 1 atom stereocenters. The van der Waals surface area contributed by atoms with Crippen molar-refractivity contribution in [2.75, 3.05) is 0 Å². The van der Waals surface area contributed by atoms with Gasteiger partial charge in [0, 0.05) is 12.4 Å². The molecule has 2 aliphatic rings. The van der Waals surface area contributed by atoms with E-state index in [9.17, 15) is 0 Å². The van der Waals surface area contributed by atoms with Crippen LogP contribution >= 0.6 is 0 Å². The number of hydrogen-bond acceptors (Lipinski definition) is 2. The molecule has 1 aliphatic carbocycles. The van der Waals surface area contributed by atoms with Crippen molar-refractivity contribution in [3.8, 4) is 0 Å². The van der Waals surface area contributed by atoms with E-state index in [4.69, 9.17) is 0 Å². The first kappa shape index (κ1) is 9.75. The van der Waals surface area contributed by atoms with Crippen molar-refractivity contribution in [2.45, 2.75) is 45.7 Å². The van der Waals surface area contributed by atoms with Gasteiger partial charge in [-0.3, -0.25) is 4.99 Å². The normalized spacial score (nSPS) is 37.6. The Bertz CT molecular complexity index is 247. The number of nitrogens with zero attached hydrogens (tertiary/aromatic N) is 1. The average Bonchev–Trinajstić information content (AvgIpc) is 2.21. The van der Waals surface area contributed by atoms with E-state index in [1.165, 1.54) is 31.3 Å². The van der Waals surface area contributed by atoms with E-state index >= 15 is 0 Å². The van der Waals surface area contributed by atoms with Crippen LogP contribution in [0.2, 0.25) is 0 Å². The fraction of sp³-hybridized carbons (Fsp3) is 0.750. The molecule has 0 spiro atoms. The van der Waals surface area contributed by atoms with Gasteiger partial charge < -0.3 is 5.32 Å². The molecule has 1 unspecified atom stereocenters. The van der Waals surface area contributed by atoms with E-state index in [-0.39, 0.29) is 6.17 Å². The molecule has 0 aromatic heterocycles. The summed E-state index contributed by atoms with van der Waals surface area (Å²) < 4.78 is 0. The summed E-state index contributed by atoms with van der Waals surface area (Å²) in [5.74, 6) is 1.69. The highest BCUT2D eigenvalue weighted by Gasteiger charge is 2.21. The minimum Gasteiger partial charge on any atom is -0.370 e. The molecule has 0 saturated heterocycles. The number of aliphatic imine (C=N–C) groups is 1. The smallest absolute Gasteiger partial charge is 0.115 e. The first-order valence-corrected chi connectivity index (χ1v) is 5.75. The first-order chi connectivity index (χ1) is 6.75. The summed E-state index contributed by atoms with van der Waals surface area (Å²) in [6.45, 7) is 4.44.